The lowest BCUT2D eigenvalue weighted by Gasteiger charge is -2.20. The maximum atomic E-state index is 12.0. The largest absolute Gasteiger partial charge is 0.508 e. The number of phenolic OH excluding ortho intramolecular Hbond substituents is 1. The van der Waals surface area contributed by atoms with Gasteiger partial charge in [0.2, 0.25) is 6.41 Å². The van der Waals surface area contributed by atoms with Crippen LogP contribution in [0.1, 0.15) is 6.42 Å². The highest BCUT2D eigenvalue weighted by atomic mass is 16.3. The molecule has 1 rings (SSSR count). The Labute approximate surface area is 116 Å². The van der Waals surface area contributed by atoms with Gasteiger partial charge in [0.1, 0.15) is 5.75 Å². The lowest BCUT2D eigenvalue weighted by Crippen LogP contribution is -2.44. The fourth-order valence-corrected chi connectivity index (χ4v) is 1.52. The molecule has 0 aliphatic heterocycles. The van der Waals surface area contributed by atoms with E-state index in [0.29, 0.717) is 25.1 Å². The molecular weight excluding hydrogens is 262 g/mol. The van der Waals surface area contributed by atoms with E-state index >= 15 is 0 Å². The number of imide groups is 1. The molecule has 20 heavy (non-hydrogen) atoms. The number of anilines is 1. The number of amides is 3. The normalized spacial score (nSPS) is 9.90. The highest BCUT2D eigenvalue weighted by Crippen LogP contribution is 2.17. The first-order valence-corrected chi connectivity index (χ1v) is 6.04. The van der Waals surface area contributed by atoms with Crippen LogP contribution in [0.2, 0.25) is 0 Å². The summed E-state index contributed by atoms with van der Waals surface area (Å²) in [5.74, 6) is -1.69. The van der Waals surface area contributed by atoms with Crippen LogP contribution in [0.25, 0.3) is 0 Å². The number of hydrogen-bond donors (Lipinski definition) is 2. The van der Waals surface area contributed by atoms with Crippen LogP contribution in [0.5, 0.6) is 5.75 Å². The minimum absolute atomic E-state index is 0.0541. The van der Waals surface area contributed by atoms with Crippen LogP contribution in [0, 0.1) is 0 Å². The number of benzene rings is 1. The van der Waals surface area contributed by atoms with Crippen molar-refractivity contribution in [2.75, 3.05) is 25.0 Å². The van der Waals surface area contributed by atoms with Crippen molar-refractivity contribution in [3.05, 3.63) is 24.3 Å². The zero-order valence-corrected chi connectivity index (χ0v) is 11.2. The van der Waals surface area contributed by atoms with Crippen molar-refractivity contribution in [1.82, 2.24) is 4.90 Å². The number of likely N-dealkylation sites (N-methyl/N-ethyl adjacent to an activating group) is 1. The van der Waals surface area contributed by atoms with E-state index in [1.54, 1.807) is 0 Å². The third kappa shape index (κ3) is 3.79. The predicted octanol–water partition coefficient (Wildman–Crippen LogP) is -0.311. The summed E-state index contributed by atoms with van der Waals surface area (Å²) in [6, 6.07) is 5.78. The van der Waals surface area contributed by atoms with E-state index in [-0.39, 0.29) is 12.3 Å². The van der Waals surface area contributed by atoms with Crippen molar-refractivity contribution in [2.45, 2.75) is 6.42 Å². The monoisotopic (exact) mass is 279 g/mol. The fraction of sp³-hybridized carbons (Fsp3) is 0.308. The molecule has 7 heteroatoms. The molecule has 108 valence electrons. The summed E-state index contributed by atoms with van der Waals surface area (Å²) in [7, 11) is 1.42. The SMILES string of the molecule is CN(C(=O)C(=O)N(C=O)CCCN)c1ccc(O)cc1. The van der Waals surface area contributed by atoms with Gasteiger partial charge in [-0.3, -0.25) is 19.3 Å². The molecule has 0 radical (unpaired) electrons. The first-order valence-electron chi connectivity index (χ1n) is 6.04. The van der Waals surface area contributed by atoms with Gasteiger partial charge in [0.15, 0.2) is 0 Å². The van der Waals surface area contributed by atoms with Gasteiger partial charge in [0, 0.05) is 19.3 Å². The molecule has 0 fully saturated rings. The summed E-state index contributed by atoms with van der Waals surface area (Å²) in [5, 5.41) is 9.17. The number of aromatic hydroxyl groups is 1. The third-order valence-electron chi connectivity index (χ3n) is 2.72. The fourth-order valence-electron chi connectivity index (χ4n) is 1.52. The minimum Gasteiger partial charge on any atom is -0.508 e. The van der Waals surface area contributed by atoms with E-state index in [2.05, 4.69) is 0 Å². The summed E-state index contributed by atoms with van der Waals surface area (Å²) in [5.41, 5.74) is 5.74. The second-order valence-corrected chi connectivity index (χ2v) is 4.13. The minimum atomic E-state index is -0.913. The predicted molar refractivity (Wildman–Crippen MR) is 73.0 cm³/mol. The Kier molecular flexibility index (Phi) is 5.67. The summed E-state index contributed by atoms with van der Waals surface area (Å²) in [4.78, 5) is 36.6. The average molecular weight is 279 g/mol. The number of carbonyl (C=O) groups is 3. The molecule has 0 bridgehead atoms. The standard InChI is InChI=1S/C13H17N3O4/c1-15(10-3-5-11(18)6-4-10)12(19)13(20)16(9-17)8-2-7-14/h3-6,9,18H,2,7-8,14H2,1H3. The number of hydrogen-bond acceptors (Lipinski definition) is 5. The molecule has 0 aliphatic rings. The van der Waals surface area contributed by atoms with Crippen LogP contribution in [0.4, 0.5) is 5.69 Å². The van der Waals surface area contributed by atoms with Crippen molar-refractivity contribution < 1.29 is 19.5 Å². The number of phenols is 1. The van der Waals surface area contributed by atoms with Crippen LogP contribution in [-0.2, 0) is 14.4 Å². The summed E-state index contributed by atoms with van der Waals surface area (Å²) < 4.78 is 0. The van der Waals surface area contributed by atoms with Crippen LogP contribution in [0.15, 0.2) is 24.3 Å². The number of rotatable bonds is 5. The van der Waals surface area contributed by atoms with Crippen LogP contribution in [-0.4, -0.2) is 48.4 Å². The van der Waals surface area contributed by atoms with Gasteiger partial charge in [0.25, 0.3) is 0 Å². The molecular formula is C13H17N3O4. The first kappa shape index (κ1) is 15.6. The number of nitrogens with zero attached hydrogens (tertiary/aromatic N) is 2. The highest BCUT2D eigenvalue weighted by molar-refractivity contribution is 6.41. The van der Waals surface area contributed by atoms with Gasteiger partial charge in [0.05, 0.1) is 0 Å². The second-order valence-electron chi connectivity index (χ2n) is 4.13. The Morgan fingerprint density at radius 3 is 2.35 bits per heavy atom. The molecule has 0 aliphatic carbocycles. The van der Waals surface area contributed by atoms with Gasteiger partial charge in [-0.15, -0.1) is 0 Å². The molecule has 0 aromatic heterocycles. The maximum Gasteiger partial charge on any atom is 0.318 e. The Hall–Kier alpha value is -2.41. The summed E-state index contributed by atoms with van der Waals surface area (Å²) in [6.07, 6.45) is 0.751. The second kappa shape index (κ2) is 7.25. The molecule has 1 aromatic rings. The molecule has 0 atom stereocenters. The maximum absolute atomic E-state index is 12.0. The van der Waals surface area contributed by atoms with E-state index in [9.17, 15) is 19.5 Å². The Balaban J connectivity index is 2.79. The van der Waals surface area contributed by atoms with Crippen molar-refractivity contribution >= 4 is 23.9 Å². The molecule has 0 unspecified atom stereocenters. The quantitative estimate of drug-likeness (QED) is 0.568. The number of nitrogens with two attached hydrogens (primary N) is 1. The van der Waals surface area contributed by atoms with Crippen molar-refractivity contribution in [3.63, 3.8) is 0 Å². The van der Waals surface area contributed by atoms with E-state index in [0.717, 1.165) is 9.80 Å². The van der Waals surface area contributed by atoms with Gasteiger partial charge in [-0.2, -0.15) is 0 Å². The molecule has 7 nitrogen and oxygen atoms in total. The summed E-state index contributed by atoms with van der Waals surface area (Å²) in [6.45, 7) is 0.424. The molecule has 3 amide bonds. The zero-order chi connectivity index (χ0) is 15.1. The molecule has 3 N–H and O–H groups in total. The molecule has 0 spiro atoms. The Morgan fingerprint density at radius 2 is 1.85 bits per heavy atom. The topological polar surface area (TPSA) is 104 Å². The molecule has 1 aromatic carbocycles. The molecule has 0 heterocycles. The number of carbonyl (C=O) groups excluding carboxylic acids is 3. The molecule has 0 saturated heterocycles. The van der Waals surface area contributed by atoms with Crippen molar-refractivity contribution in [2.24, 2.45) is 5.73 Å². The smallest absolute Gasteiger partial charge is 0.318 e. The lowest BCUT2D eigenvalue weighted by molar-refractivity contribution is -0.147. The van der Waals surface area contributed by atoms with Crippen LogP contribution < -0.4 is 10.6 Å². The third-order valence-corrected chi connectivity index (χ3v) is 2.72. The van der Waals surface area contributed by atoms with E-state index < -0.39 is 11.8 Å². The van der Waals surface area contributed by atoms with Crippen molar-refractivity contribution in [3.8, 4) is 5.75 Å². The van der Waals surface area contributed by atoms with E-state index in [1.807, 2.05) is 0 Å². The van der Waals surface area contributed by atoms with Crippen LogP contribution in [0.3, 0.4) is 0 Å². The first-order chi connectivity index (χ1) is 9.51. The van der Waals surface area contributed by atoms with Gasteiger partial charge in [-0.05, 0) is 37.2 Å². The van der Waals surface area contributed by atoms with Gasteiger partial charge in [-0.1, -0.05) is 0 Å². The zero-order valence-electron chi connectivity index (χ0n) is 11.2. The molecule has 0 saturated carbocycles. The van der Waals surface area contributed by atoms with Gasteiger partial charge < -0.3 is 15.7 Å². The van der Waals surface area contributed by atoms with E-state index in [4.69, 9.17) is 5.73 Å². The van der Waals surface area contributed by atoms with E-state index in [1.165, 1.54) is 31.3 Å². The van der Waals surface area contributed by atoms with Crippen molar-refractivity contribution in [1.29, 1.82) is 0 Å². The van der Waals surface area contributed by atoms with Gasteiger partial charge >= 0.3 is 11.8 Å². The van der Waals surface area contributed by atoms with Crippen LogP contribution >= 0.6 is 0 Å². The lowest BCUT2D eigenvalue weighted by atomic mass is 10.2. The highest BCUT2D eigenvalue weighted by Gasteiger charge is 2.25. The van der Waals surface area contributed by atoms with Gasteiger partial charge in [-0.25, -0.2) is 0 Å². The Morgan fingerprint density at radius 1 is 1.25 bits per heavy atom. The average Bonchev–Trinajstić information content (AvgIpc) is 2.47. The Bertz CT molecular complexity index is 487. The summed E-state index contributed by atoms with van der Waals surface area (Å²) >= 11 is 0.